The summed E-state index contributed by atoms with van der Waals surface area (Å²) in [7, 11) is -3.68. The number of hydrogen-bond donors (Lipinski definition) is 0. The van der Waals surface area contributed by atoms with E-state index in [1.165, 1.54) is 16.7 Å². The maximum Gasteiger partial charge on any atom is 0.244 e. The topological polar surface area (TPSA) is 37.4 Å². The maximum atomic E-state index is 13.5. The summed E-state index contributed by atoms with van der Waals surface area (Å²) in [5, 5.41) is 0.388. The lowest BCUT2D eigenvalue weighted by Crippen LogP contribution is -3.00. The number of nitrogens with zero attached hydrogens (tertiary/aromatic N) is 2. The Labute approximate surface area is 233 Å². The predicted molar refractivity (Wildman–Crippen MR) is 143 cm³/mol. The third-order valence-electron chi connectivity index (χ3n) is 7.12. The first-order valence-corrected chi connectivity index (χ1v) is 14.7. The van der Waals surface area contributed by atoms with Crippen LogP contribution in [0, 0.1) is 19.8 Å². The second-order valence-corrected chi connectivity index (χ2v) is 12.6. The highest BCUT2D eigenvalue weighted by atomic mass is 79.9. The van der Waals surface area contributed by atoms with Crippen LogP contribution in [0.2, 0.25) is 10.0 Å². The minimum absolute atomic E-state index is 0. The van der Waals surface area contributed by atoms with E-state index in [0.717, 1.165) is 56.3 Å². The van der Waals surface area contributed by atoms with E-state index >= 15 is 0 Å². The van der Waals surface area contributed by atoms with Gasteiger partial charge in [-0.2, -0.15) is 4.31 Å². The second-order valence-electron chi connectivity index (χ2n) is 9.92. The molecule has 2 aromatic rings. The molecule has 0 heterocycles. The Balaban J connectivity index is 0.00000432. The van der Waals surface area contributed by atoms with Crippen LogP contribution in [-0.2, 0) is 16.6 Å². The first kappa shape index (κ1) is 30.6. The first-order valence-electron chi connectivity index (χ1n) is 12.5. The van der Waals surface area contributed by atoms with Crippen LogP contribution < -0.4 is 17.0 Å². The molecule has 8 heteroatoms. The fourth-order valence-electron chi connectivity index (χ4n) is 4.85. The van der Waals surface area contributed by atoms with Gasteiger partial charge in [0, 0.05) is 18.7 Å². The van der Waals surface area contributed by atoms with E-state index in [0.29, 0.717) is 19.0 Å². The zero-order valence-corrected chi connectivity index (χ0v) is 25.3. The highest BCUT2D eigenvalue weighted by molar-refractivity contribution is 7.89. The van der Waals surface area contributed by atoms with E-state index in [9.17, 15) is 8.42 Å². The largest absolute Gasteiger partial charge is 1.00 e. The number of rotatable bonds is 13. The van der Waals surface area contributed by atoms with Crippen molar-refractivity contribution in [2.24, 2.45) is 5.92 Å². The molecule has 0 amide bonds. The monoisotopic (exact) mass is 604 g/mol. The van der Waals surface area contributed by atoms with E-state index in [4.69, 9.17) is 23.2 Å². The Bertz CT molecular complexity index is 1070. The molecular formula is C27H39BrCl2N2O2S. The van der Waals surface area contributed by atoms with Gasteiger partial charge in [0.05, 0.1) is 29.7 Å². The highest BCUT2D eigenvalue weighted by Gasteiger charge is 2.33. The standard InChI is InChI=1S/C27H39Cl2N2O2S.BrH/c1-5-31(6-2,20-24-17-21(3)16-22(4)18-24)15-8-7-14-30(19-23-12-13-23)34(32,33)26-11-9-10-25(28)27(26)29;/h9-11,16-18,23H,5-8,12-15,19-20H2,1-4H3;1H/q+1;/p-1. The fourth-order valence-corrected chi connectivity index (χ4v) is 7.14. The summed E-state index contributed by atoms with van der Waals surface area (Å²) < 4.78 is 29.6. The molecule has 1 fully saturated rings. The average molecular weight is 606 g/mol. The lowest BCUT2D eigenvalue weighted by atomic mass is 10.1. The van der Waals surface area contributed by atoms with E-state index in [2.05, 4.69) is 45.9 Å². The van der Waals surface area contributed by atoms with E-state index in [1.807, 2.05) is 0 Å². The molecule has 4 nitrogen and oxygen atoms in total. The van der Waals surface area contributed by atoms with E-state index < -0.39 is 10.0 Å². The molecule has 0 spiro atoms. The van der Waals surface area contributed by atoms with E-state index in [1.54, 1.807) is 22.5 Å². The van der Waals surface area contributed by atoms with Crippen molar-refractivity contribution in [2.45, 2.75) is 64.8 Å². The smallest absolute Gasteiger partial charge is 0.244 e. The van der Waals surface area contributed by atoms with Crippen LogP contribution in [0.3, 0.4) is 0 Å². The van der Waals surface area contributed by atoms with Crippen molar-refractivity contribution in [3.05, 3.63) is 63.1 Å². The van der Waals surface area contributed by atoms with Crippen LogP contribution in [0.15, 0.2) is 41.3 Å². The molecule has 0 atom stereocenters. The third kappa shape index (κ3) is 8.18. The zero-order chi connectivity index (χ0) is 24.9. The van der Waals surface area contributed by atoms with Crippen molar-refractivity contribution < 1.29 is 29.9 Å². The van der Waals surface area contributed by atoms with Crippen molar-refractivity contribution in [3.8, 4) is 0 Å². The van der Waals surface area contributed by atoms with Gasteiger partial charge in [0.25, 0.3) is 0 Å². The Hall–Kier alpha value is -0.630. The zero-order valence-electron chi connectivity index (χ0n) is 21.4. The van der Waals surface area contributed by atoms with Crippen molar-refractivity contribution >= 4 is 33.2 Å². The van der Waals surface area contributed by atoms with Crippen molar-refractivity contribution in [3.63, 3.8) is 0 Å². The molecule has 0 aliphatic heterocycles. The lowest BCUT2D eigenvalue weighted by molar-refractivity contribution is -0.938. The Kier molecular flexibility index (Phi) is 11.6. The summed E-state index contributed by atoms with van der Waals surface area (Å²) in [4.78, 5) is 0.115. The van der Waals surface area contributed by atoms with Crippen molar-refractivity contribution in [2.75, 3.05) is 32.7 Å². The fraction of sp³-hybridized carbons (Fsp3) is 0.556. The minimum Gasteiger partial charge on any atom is -1.00 e. The molecular weight excluding hydrogens is 567 g/mol. The van der Waals surface area contributed by atoms with Crippen LogP contribution in [0.25, 0.3) is 0 Å². The van der Waals surface area contributed by atoms with Crippen molar-refractivity contribution in [1.29, 1.82) is 0 Å². The van der Waals surface area contributed by atoms with Gasteiger partial charge < -0.3 is 21.5 Å². The Morgan fingerprint density at radius 3 is 2.20 bits per heavy atom. The summed E-state index contributed by atoms with van der Waals surface area (Å²) >= 11 is 12.4. The number of quaternary nitrogens is 1. The van der Waals surface area contributed by atoms with Gasteiger partial charge in [-0.1, -0.05) is 58.6 Å². The lowest BCUT2D eigenvalue weighted by Gasteiger charge is -2.37. The van der Waals surface area contributed by atoms with Gasteiger partial charge in [-0.25, -0.2) is 8.42 Å². The van der Waals surface area contributed by atoms with Crippen LogP contribution in [0.4, 0.5) is 0 Å². The molecule has 0 aromatic heterocycles. The molecule has 0 radical (unpaired) electrons. The molecule has 196 valence electrons. The van der Waals surface area contributed by atoms with Gasteiger partial charge in [0.2, 0.25) is 10.0 Å². The van der Waals surface area contributed by atoms with Gasteiger partial charge in [0.15, 0.2) is 0 Å². The number of halogens is 3. The molecule has 1 aliphatic rings. The van der Waals surface area contributed by atoms with Crippen LogP contribution in [-0.4, -0.2) is 49.9 Å². The van der Waals surface area contributed by atoms with Gasteiger partial charge >= 0.3 is 0 Å². The molecule has 0 saturated heterocycles. The quantitative estimate of drug-likeness (QED) is 0.257. The van der Waals surface area contributed by atoms with Gasteiger partial charge in [0.1, 0.15) is 11.4 Å². The third-order valence-corrected chi connectivity index (χ3v) is 9.96. The number of aryl methyl sites for hydroxylation is 2. The summed E-state index contributed by atoms with van der Waals surface area (Å²) in [5.41, 5.74) is 4.00. The molecule has 0 unspecified atom stereocenters. The SMILES string of the molecule is CC[N+](CC)(CCCCN(CC1CC1)S(=O)(=O)c1cccc(Cl)c1Cl)Cc1cc(C)cc(C)c1.[Br-]. The molecule has 3 rings (SSSR count). The summed E-state index contributed by atoms with van der Waals surface area (Å²) in [6, 6.07) is 11.6. The number of benzene rings is 2. The van der Waals surface area contributed by atoms with Gasteiger partial charge in [-0.05, 0) is 71.4 Å². The summed E-state index contributed by atoms with van der Waals surface area (Å²) in [5.74, 6) is 0.457. The summed E-state index contributed by atoms with van der Waals surface area (Å²) in [6.45, 7) is 14.1. The van der Waals surface area contributed by atoms with E-state index in [-0.39, 0.29) is 31.9 Å². The maximum absolute atomic E-state index is 13.5. The van der Waals surface area contributed by atoms with Crippen LogP contribution in [0.5, 0.6) is 0 Å². The number of sulfonamides is 1. The normalized spacial score (nSPS) is 14.3. The van der Waals surface area contributed by atoms with Crippen LogP contribution in [0.1, 0.15) is 56.2 Å². The van der Waals surface area contributed by atoms with Gasteiger partial charge in [-0.15, -0.1) is 0 Å². The summed E-state index contributed by atoms with van der Waals surface area (Å²) in [6.07, 6.45) is 4.00. The molecule has 35 heavy (non-hydrogen) atoms. The molecule has 1 aliphatic carbocycles. The number of unbranched alkanes of at least 4 members (excludes halogenated alkanes) is 1. The molecule has 0 bridgehead atoms. The van der Waals surface area contributed by atoms with Gasteiger partial charge in [-0.3, -0.25) is 0 Å². The number of hydrogen-bond acceptors (Lipinski definition) is 2. The van der Waals surface area contributed by atoms with Crippen LogP contribution >= 0.6 is 23.2 Å². The molecule has 0 N–H and O–H groups in total. The predicted octanol–water partition coefficient (Wildman–Crippen LogP) is 3.85. The molecule has 2 aromatic carbocycles. The first-order chi connectivity index (χ1) is 16.1. The second kappa shape index (κ2) is 13.3. The average Bonchev–Trinajstić information content (AvgIpc) is 3.60. The minimum atomic E-state index is -3.68. The highest BCUT2D eigenvalue weighted by Crippen LogP contribution is 2.35. The van der Waals surface area contributed by atoms with Crippen molar-refractivity contribution in [1.82, 2.24) is 4.31 Å². The Morgan fingerprint density at radius 1 is 1.00 bits per heavy atom. The molecule has 1 saturated carbocycles. The Morgan fingerprint density at radius 2 is 1.63 bits per heavy atom.